The van der Waals surface area contributed by atoms with E-state index >= 15 is 0 Å². The molecule has 12 aromatic rings. The molecule has 1 saturated carbocycles. The summed E-state index contributed by atoms with van der Waals surface area (Å²) in [5.41, 5.74) is 12.5. The van der Waals surface area contributed by atoms with Gasteiger partial charge in [-0.25, -0.2) is 0 Å². The van der Waals surface area contributed by atoms with Gasteiger partial charge in [0.05, 0.1) is 92.8 Å². The van der Waals surface area contributed by atoms with Crippen LogP contribution >= 0.6 is 58.0 Å². The van der Waals surface area contributed by atoms with Crippen molar-refractivity contribution >= 4 is 149 Å². The molecule has 16 rings (SSSR count). The lowest BCUT2D eigenvalue weighted by molar-refractivity contribution is -0.137. The van der Waals surface area contributed by atoms with Crippen LogP contribution in [0.4, 0.5) is 0 Å². The molecular formula is C91H89Cl5N8O15. The van der Waals surface area contributed by atoms with E-state index < -0.39 is 46.0 Å². The summed E-state index contributed by atoms with van der Waals surface area (Å²) in [6, 6.07) is 51.9. The topological polar surface area (TPSA) is 313 Å². The second-order valence-electron chi connectivity index (χ2n) is 31.0. The number of aromatic nitrogens is 4. The highest BCUT2D eigenvalue weighted by molar-refractivity contribution is 6.45. The number of carboxylic acid groups (broad SMARTS) is 4. The molecule has 23 nitrogen and oxygen atoms in total. The van der Waals surface area contributed by atoms with Crippen LogP contribution in [0.3, 0.4) is 0 Å². The van der Waals surface area contributed by atoms with Crippen LogP contribution in [0.5, 0.6) is 0 Å². The van der Waals surface area contributed by atoms with Crippen molar-refractivity contribution in [1.82, 2.24) is 39.5 Å². The van der Waals surface area contributed by atoms with E-state index in [0.717, 1.165) is 107 Å². The van der Waals surface area contributed by atoms with Crippen molar-refractivity contribution in [2.24, 2.45) is 28.2 Å². The van der Waals surface area contributed by atoms with Crippen LogP contribution in [0.15, 0.2) is 170 Å². The van der Waals surface area contributed by atoms with Gasteiger partial charge in [-0.1, -0.05) is 173 Å². The number of nitrogens with one attached hydrogen (secondary N) is 4. The molecule has 119 heavy (non-hydrogen) atoms. The number of fused-ring (bicyclic) bond motifs is 4. The number of carboxylic acids is 4. The Balaban J connectivity index is 0.000000137. The van der Waals surface area contributed by atoms with Gasteiger partial charge in [-0.15, -0.1) is 0 Å². The highest BCUT2D eigenvalue weighted by Crippen LogP contribution is 2.44. The lowest BCUT2D eigenvalue weighted by atomic mass is 9.71. The predicted octanol–water partition coefficient (Wildman–Crippen LogP) is 16.4. The second kappa shape index (κ2) is 35.5. The van der Waals surface area contributed by atoms with Gasteiger partial charge in [-0.2, -0.15) is 0 Å². The fraction of sp³-hybridized carbons (Fsp3) is 0.297. The van der Waals surface area contributed by atoms with Gasteiger partial charge in [0.25, 0.3) is 23.6 Å². The molecule has 4 amide bonds. The minimum atomic E-state index is -0.893. The van der Waals surface area contributed by atoms with E-state index in [4.69, 9.17) is 92.6 Å². The van der Waals surface area contributed by atoms with Gasteiger partial charge in [-0.05, 0) is 156 Å². The van der Waals surface area contributed by atoms with Gasteiger partial charge in [0, 0.05) is 111 Å². The number of carbonyl (C=O) groups excluding carboxylic acids is 4. The van der Waals surface area contributed by atoms with Crippen LogP contribution in [-0.4, -0.2) is 126 Å². The summed E-state index contributed by atoms with van der Waals surface area (Å²) in [5, 5.41) is 54.8. The zero-order valence-corrected chi connectivity index (χ0v) is 70.2. The maximum absolute atomic E-state index is 13.3. The van der Waals surface area contributed by atoms with Crippen molar-refractivity contribution in [2.45, 2.75) is 107 Å². The minimum absolute atomic E-state index is 0.0150. The summed E-state index contributed by atoms with van der Waals surface area (Å²) < 4.78 is 24.2. The van der Waals surface area contributed by atoms with Gasteiger partial charge in [0.1, 0.15) is 22.8 Å². The molecule has 8 aromatic carbocycles. The summed E-state index contributed by atoms with van der Waals surface area (Å²) in [7, 11) is 7.37. The molecule has 7 heterocycles. The second-order valence-corrected chi connectivity index (χ2v) is 32.9. The molecule has 4 aromatic heterocycles. The Hall–Kier alpha value is -11.0. The molecule has 1 aliphatic carbocycles. The SMILES string of the molecule is Cc1ccc2c(cc(C(=O)NC3(c4cccc(CC(=O)O)c4)CCOC3)n2C)c1Cl.Cc1ccc2c(cc(C(=O)N[C@@]3(c4ccc(CC(=O)O)cc4)CCOC3)n2C)c1Cl.Cc1ccc2c(cc(C(=O)N[C@]3(c4ccc(CC(=O)O)cc4)CCOC3)n2C)c1Cl.Cn1c(C(=O)NC2(c3ccc(CC(=O)O)cc3)CCC2)cc2c(Cl)c(Cl)ccc21. The number of rotatable bonds is 20. The number of hydrogen-bond acceptors (Lipinski definition) is 11. The molecule has 8 N–H and O–H groups in total. The number of carbonyl (C=O) groups is 8. The molecule has 0 spiro atoms. The van der Waals surface area contributed by atoms with Crippen LogP contribution in [0, 0.1) is 20.8 Å². The molecule has 3 atom stereocenters. The molecule has 0 radical (unpaired) electrons. The van der Waals surface area contributed by atoms with Crippen molar-refractivity contribution in [2.75, 3.05) is 39.6 Å². The molecule has 28 heteroatoms. The van der Waals surface area contributed by atoms with Gasteiger partial charge in [0.2, 0.25) is 0 Å². The lowest BCUT2D eigenvalue weighted by Crippen LogP contribution is -2.51. The summed E-state index contributed by atoms with van der Waals surface area (Å²) in [5.74, 6) is -4.32. The summed E-state index contributed by atoms with van der Waals surface area (Å²) in [6.45, 7) is 8.46. The number of hydrogen-bond donors (Lipinski definition) is 8. The first-order valence-electron chi connectivity index (χ1n) is 38.7. The molecule has 618 valence electrons. The molecule has 1 unspecified atom stereocenters. The van der Waals surface area contributed by atoms with Gasteiger partial charge < -0.3 is 74.2 Å². The van der Waals surface area contributed by atoms with Crippen molar-refractivity contribution in [3.63, 3.8) is 0 Å². The number of aryl methyl sites for hydroxylation is 7. The van der Waals surface area contributed by atoms with Crippen molar-refractivity contribution in [3.05, 3.63) is 279 Å². The Morgan fingerprint density at radius 1 is 0.336 bits per heavy atom. The number of aliphatic carboxylic acids is 4. The summed E-state index contributed by atoms with van der Waals surface area (Å²) in [6.07, 6.45) is 4.44. The number of halogens is 5. The molecule has 0 bridgehead atoms. The Morgan fingerprint density at radius 2 is 0.622 bits per heavy atom. The van der Waals surface area contributed by atoms with E-state index in [2.05, 4.69) is 21.3 Å². The standard InChI is InChI=1S/3C23H23ClN2O4.C22H20Cl2N2O3/c2*1-14-3-8-18-17(21(14)24)12-19(26(18)2)22(29)25-23(9-10-30-13-23)16-6-4-15(5-7-16)11-20(27)28;1-14-6-7-18-17(21(14)24)12-19(26(18)2)22(29)25-23(8-9-30-13-23)16-5-3-4-15(10-16)11-20(27)28;1-26-17-8-7-16(23)20(24)15(17)12-18(26)21(29)25-22(9-2-10-22)14-5-3-13(4-6-14)11-19(27)28/h2*3-8,12H,9-11,13H2,1-2H3,(H,25,29)(H,27,28);3-7,10,12H,8-9,11,13H2,1-2H3,(H,25,29)(H,27,28);3-8,12H,2,9-11H2,1H3,(H,25,29)(H,27,28)/t2*23-;;/m10../s1. The number of amides is 4. The Morgan fingerprint density at radius 3 is 0.916 bits per heavy atom. The van der Waals surface area contributed by atoms with Crippen molar-refractivity contribution < 1.29 is 73.0 Å². The van der Waals surface area contributed by atoms with Crippen LogP contribution in [0.1, 0.15) is 142 Å². The average molecular weight is 1710 g/mol. The van der Waals surface area contributed by atoms with E-state index in [0.29, 0.717) is 123 Å². The van der Waals surface area contributed by atoms with Gasteiger partial charge in [0.15, 0.2) is 0 Å². The fourth-order valence-corrected chi connectivity index (χ4v) is 17.2. The maximum atomic E-state index is 13.3. The van der Waals surface area contributed by atoms with E-state index in [-0.39, 0.29) is 49.3 Å². The van der Waals surface area contributed by atoms with E-state index in [1.165, 1.54) is 0 Å². The van der Waals surface area contributed by atoms with Crippen LogP contribution in [-0.2, 0) is 109 Å². The number of benzene rings is 8. The van der Waals surface area contributed by atoms with Crippen molar-refractivity contribution in [3.8, 4) is 0 Å². The highest BCUT2D eigenvalue weighted by atomic mass is 35.5. The van der Waals surface area contributed by atoms with Crippen LogP contribution in [0.2, 0.25) is 25.1 Å². The zero-order valence-electron chi connectivity index (χ0n) is 66.4. The molecule has 3 saturated heterocycles. The Bertz CT molecular complexity index is 5780. The smallest absolute Gasteiger partial charge is 0.307 e. The third-order valence-electron chi connectivity index (χ3n) is 23.2. The first-order chi connectivity index (χ1) is 56.7. The number of ether oxygens (including phenoxy) is 3. The highest BCUT2D eigenvalue weighted by Gasteiger charge is 2.44. The quantitative estimate of drug-likeness (QED) is 0.0352. The molecule has 4 fully saturated rings. The van der Waals surface area contributed by atoms with E-state index in [1.807, 2.05) is 195 Å². The Kier molecular flexibility index (Phi) is 25.6. The monoisotopic (exact) mass is 1710 g/mol. The van der Waals surface area contributed by atoms with Gasteiger partial charge in [-0.3, -0.25) is 38.4 Å². The average Bonchev–Trinajstić information content (AvgIpc) is 1.74. The fourth-order valence-electron chi connectivity index (χ4n) is 16.2. The van der Waals surface area contributed by atoms with E-state index in [9.17, 15) is 38.4 Å². The molecule has 3 aliphatic heterocycles. The summed E-state index contributed by atoms with van der Waals surface area (Å²) >= 11 is 31.8. The van der Waals surface area contributed by atoms with E-state index in [1.54, 1.807) is 42.5 Å². The normalized spacial score (nSPS) is 17.8. The Labute approximate surface area is 711 Å². The zero-order chi connectivity index (χ0) is 85.2. The molecular weight excluding hydrogens is 1620 g/mol. The van der Waals surface area contributed by atoms with Crippen molar-refractivity contribution in [1.29, 1.82) is 0 Å². The number of nitrogens with zero attached hydrogens (tertiary/aromatic N) is 4. The predicted molar refractivity (Wildman–Crippen MR) is 459 cm³/mol. The largest absolute Gasteiger partial charge is 0.481 e. The minimum Gasteiger partial charge on any atom is -0.481 e. The summed E-state index contributed by atoms with van der Waals surface area (Å²) in [4.78, 5) is 96.9. The first-order valence-corrected chi connectivity index (χ1v) is 40.6. The molecule has 4 aliphatic rings. The van der Waals surface area contributed by atoms with Crippen LogP contribution in [0.25, 0.3) is 43.6 Å². The third kappa shape index (κ3) is 18.0. The van der Waals surface area contributed by atoms with Gasteiger partial charge >= 0.3 is 23.9 Å². The lowest BCUT2D eigenvalue weighted by Gasteiger charge is -2.43. The van der Waals surface area contributed by atoms with Crippen LogP contribution < -0.4 is 21.3 Å². The maximum Gasteiger partial charge on any atom is 0.307 e. The first kappa shape index (κ1) is 85.9. The third-order valence-corrected chi connectivity index (χ3v) is 25.5.